The molecular formula is C14H16N4O3S. The molecule has 0 aliphatic carbocycles. The van der Waals surface area contributed by atoms with Gasteiger partial charge in [-0.3, -0.25) is 4.79 Å². The Labute approximate surface area is 128 Å². The van der Waals surface area contributed by atoms with Gasteiger partial charge in [-0.2, -0.15) is 9.40 Å². The van der Waals surface area contributed by atoms with Crippen molar-refractivity contribution in [2.45, 2.75) is 23.8 Å². The zero-order chi connectivity index (χ0) is 15.7. The zero-order valence-corrected chi connectivity index (χ0v) is 12.6. The van der Waals surface area contributed by atoms with Gasteiger partial charge in [0.1, 0.15) is 10.9 Å². The molecule has 1 fully saturated rings. The van der Waals surface area contributed by atoms with Crippen LogP contribution >= 0.6 is 0 Å². The Balaban J connectivity index is 1.94. The van der Waals surface area contributed by atoms with E-state index < -0.39 is 22.0 Å². The van der Waals surface area contributed by atoms with Gasteiger partial charge >= 0.3 is 0 Å². The van der Waals surface area contributed by atoms with E-state index in [-0.39, 0.29) is 4.90 Å². The van der Waals surface area contributed by atoms with Crippen molar-refractivity contribution in [2.24, 2.45) is 5.73 Å². The van der Waals surface area contributed by atoms with Crippen molar-refractivity contribution < 1.29 is 13.2 Å². The maximum atomic E-state index is 12.7. The zero-order valence-electron chi connectivity index (χ0n) is 11.8. The number of hydrogen-bond acceptors (Lipinski definition) is 4. The average molecular weight is 320 g/mol. The second kappa shape index (κ2) is 5.54. The first kappa shape index (κ1) is 14.7. The van der Waals surface area contributed by atoms with E-state index in [1.54, 1.807) is 0 Å². The first-order valence-corrected chi connectivity index (χ1v) is 8.35. The third-order valence-corrected chi connectivity index (χ3v) is 5.58. The molecule has 0 spiro atoms. The quantitative estimate of drug-likeness (QED) is 0.887. The molecule has 0 radical (unpaired) electrons. The molecule has 1 amide bonds. The monoisotopic (exact) mass is 320 g/mol. The topological polar surface area (TPSA) is 98.3 Å². The summed E-state index contributed by atoms with van der Waals surface area (Å²) in [5, 5.41) is 4.09. The minimum atomic E-state index is -3.77. The van der Waals surface area contributed by atoms with Crippen molar-refractivity contribution in [3.05, 3.63) is 42.7 Å². The van der Waals surface area contributed by atoms with Gasteiger partial charge in [0.15, 0.2) is 0 Å². The number of carbonyl (C=O) groups is 1. The molecule has 1 unspecified atom stereocenters. The van der Waals surface area contributed by atoms with Crippen molar-refractivity contribution in [3.63, 3.8) is 0 Å². The second-order valence-corrected chi connectivity index (χ2v) is 7.02. The molecular weight excluding hydrogens is 304 g/mol. The van der Waals surface area contributed by atoms with Gasteiger partial charge in [-0.25, -0.2) is 13.1 Å². The summed E-state index contributed by atoms with van der Waals surface area (Å²) < 4.78 is 28.0. The minimum absolute atomic E-state index is 0.0597. The lowest BCUT2D eigenvalue weighted by Gasteiger charge is -2.20. The van der Waals surface area contributed by atoms with Crippen LogP contribution in [0.1, 0.15) is 12.8 Å². The standard InChI is InChI=1S/C14H16N4O3S/c15-14(19)13-7-4-8-18(13)22(20,21)12-9-16-17(10-12)11-5-2-1-3-6-11/h1-3,5-6,9-10,13H,4,7-8H2,(H2,15,19). The Morgan fingerprint density at radius 1 is 1.27 bits per heavy atom. The van der Waals surface area contributed by atoms with Gasteiger partial charge in [0.05, 0.1) is 18.1 Å². The van der Waals surface area contributed by atoms with Crippen LogP contribution in [0.15, 0.2) is 47.6 Å². The maximum absolute atomic E-state index is 12.7. The average Bonchev–Trinajstić information content (AvgIpc) is 3.18. The number of para-hydroxylation sites is 1. The van der Waals surface area contributed by atoms with Crippen LogP contribution in [0, 0.1) is 0 Å². The molecule has 1 saturated heterocycles. The highest BCUT2D eigenvalue weighted by molar-refractivity contribution is 7.89. The van der Waals surface area contributed by atoms with Gasteiger partial charge < -0.3 is 5.73 Å². The van der Waals surface area contributed by atoms with Gasteiger partial charge in [-0.05, 0) is 25.0 Å². The summed E-state index contributed by atoms with van der Waals surface area (Å²) in [7, 11) is -3.77. The van der Waals surface area contributed by atoms with Crippen LogP contribution in [-0.4, -0.2) is 41.0 Å². The molecule has 0 saturated carbocycles. The molecule has 1 aromatic heterocycles. The van der Waals surface area contributed by atoms with Crippen LogP contribution < -0.4 is 5.73 Å². The number of amides is 1. The van der Waals surface area contributed by atoms with Crippen LogP contribution in [0.3, 0.4) is 0 Å². The van der Waals surface area contributed by atoms with Crippen LogP contribution in [0.25, 0.3) is 5.69 Å². The molecule has 1 aromatic carbocycles. The summed E-state index contributed by atoms with van der Waals surface area (Å²) >= 11 is 0. The summed E-state index contributed by atoms with van der Waals surface area (Å²) in [5.41, 5.74) is 6.05. The SMILES string of the molecule is NC(=O)C1CCCN1S(=O)(=O)c1cnn(-c2ccccc2)c1. The highest BCUT2D eigenvalue weighted by Gasteiger charge is 2.39. The number of primary amides is 1. The lowest BCUT2D eigenvalue weighted by Crippen LogP contribution is -2.43. The van der Waals surface area contributed by atoms with Crippen molar-refractivity contribution in [3.8, 4) is 5.69 Å². The summed E-state index contributed by atoms with van der Waals surface area (Å²) in [6.45, 7) is 0.298. The van der Waals surface area contributed by atoms with E-state index in [1.807, 2.05) is 30.3 Å². The summed E-state index contributed by atoms with van der Waals surface area (Å²) in [4.78, 5) is 11.5. The van der Waals surface area contributed by atoms with E-state index in [0.29, 0.717) is 19.4 Å². The number of aromatic nitrogens is 2. The second-order valence-electron chi connectivity index (χ2n) is 5.13. The van der Waals surface area contributed by atoms with Crippen molar-refractivity contribution in [2.75, 3.05) is 6.54 Å². The first-order chi connectivity index (χ1) is 10.5. The molecule has 1 aliphatic heterocycles. The molecule has 2 heterocycles. The van der Waals surface area contributed by atoms with Gasteiger partial charge in [0.2, 0.25) is 15.9 Å². The largest absolute Gasteiger partial charge is 0.368 e. The molecule has 116 valence electrons. The lowest BCUT2D eigenvalue weighted by molar-refractivity contribution is -0.121. The third-order valence-electron chi connectivity index (χ3n) is 3.72. The van der Waals surface area contributed by atoms with E-state index in [1.165, 1.54) is 21.4 Å². The molecule has 3 rings (SSSR count). The number of nitrogens with two attached hydrogens (primary N) is 1. The van der Waals surface area contributed by atoms with Crippen LogP contribution in [-0.2, 0) is 14.8 Å². The smallest absolute Gasteiger partial charge is 0.246 e. The minimum Gasteiger partial charge on any atom is -0.368 e. The van der Waals surface area contributed by atoms with E-state index in [2.05, 4.69) is 5.10 Å². The predicted molar refractivity (Wildman–Crippen MR) is 79.7 cm³/mol. The molecule has 1 atom stereocenters. The highest BCUT2D eigenvalue weighted by atomic mass is 32.2. The summed E-state index contributed by atoms with van der Waals surface area (Å²) in [6, 6.07) is 8.43. The van der Waals surface area contributed by atoms with Gasteiger partial charge in [0.25, 0.3) is 0 Å². The van der Waals surface area contributed by atoms with Crippen LogP contribution in [0.4, 0.5) is 0 Å². The fourth-order valence-electron chi connectivity index (χ4n) is 2.61. The van der Waals surface area contributed by atoms with Crippen LogP contribution in [0.2, 0.25) is 0 Å². The fourth-order valence-corrected chi connectivity index (χ4v) is 4.21. The van der Waals surface area contributed by atoms with E-state index >= 15 is 0 Å². The third kappa shape index (κ3) is 2.51. The number of rotatable bonds is 4. The molecule has 22 heavy (non-hydrogen) atoms. The van der Waals surface area contributed by atoms with Crippen molar-refractivity contribution in [1.82, 2.24) is 14.1 Å². The Hall–Kier alpha value is -2.19. The normalized spacial score (nSPS) is 19.4. The molecule has 2 N–H and O–H groups in total. The highest BCUT2D eigenvalue weighted by Crippen LogP contribution is 2.26. The summed E-state index contributed by atoms with van der Waals surface area (Å²) in [6.07, 6.45) is 3.82. The summed E-state index contributed by atoms with van der Waals surface area (Å²) in [5.74, 6) is -0.614. The molecule has 0 bridgehead atoms. The Morgan fingerprint density at radius 2 is 2.00 bits per heavy atom. The van der Waals surface area contributed by atoms with Crippen LogP contribution in [0.5, 0.6) is 0 Å². The number of nitrogens with zero attached hydrogens (tertiary/aromatic N) is 3. The fraction of sp³-hybridized carbons (Fsp3) is 0.286. The van der Waals surface area contributed by atoms with Gasteiger partial charge in [-0.1, -0.05) is 18.2 Å². The Morgan fingerprint density at radius 3 is 2.68 bits per heavy atom. The number of carbonyl (C=O) groups excluding carboxylic acids is 1. The predicted octanol–water partition coefficient (Wildman–Crippen LogP) is 0.511. The number of benzene rings is 1. The van der Waals surface area contributed by atoms with Gasteiger partial charge in [0, 0.05) is 6.54 Å². The van der Waals surface area contributed by atoms with E-state index in [4.69, 9.17) is 5.73 Å². The molecule has 1 aliphatic rings. The number of sulfonamides is 1. The maximum Gasteiger partial charge on any atom is 0.246 e. The van der Waals surface area contributed by atoms with Gasteiger partial charge in [-0.15, -0.1) is 0 Å². The Bertz CT molecular complexity index is 785. The Kier molecular flexibility index (Phi) is 3.71. The first-order valence-electron chi connectivity index (χ1n) is 6.91. The van der Waals surface area contributed by atoms with Crippen molar-refractivity contribution in [1.29, 1.82) is 0 Å². The van der Waals surface area contributed by atoms with E-state index in [9.17, 15) is 13.2 Å². The molecule has 2 aromatic rings. The van der Waals surface area contributed by atoms with Crippen molar-refractivity contribution >= 4 is 15.9 Å². The number of hydrogen-bond donors (Lipinski definition) is 1. The van der Waals surface area contributed by atoms with E-state index in [0.717, 1.165) is 5.69 Å². The molecule has 7 nitrogen and oxygen atoms in total. The lowest BCUT2D eigenvalue weighted by atomic mass is 10.2. The molecule has 8 heteroatoms.